The Hall–Kier alpha value is -2.61. The Kier molecular flexibility index (Phi) is 5.69. The average Bonchev–Trinajstić information content (AvgIpc) is 2.73. The van der Waals surface area contributed by atoms with Gasteiger partial charge in [-0.25, -0.2) is 13.4 Å². The highest BCUT2D eigenvalue weighted by atomic mass is 32.2. The van der Waals surface area contributed by atoms with Gasteiger partial charge in [0.1, 0.15) is 5.82 Å². The zero-order chi connectivity index (χ0) is 21.3. The van der Waals surface area contributed by atoms with Crippen molar-refractivity contribution < 1.29 is 13.2 Å². The summed E-state index contributed by atoms with van der Waals surface area (Å²) in [5.41, 5.74) is 3.52. The van der Waals surface area contributed by atoms with E-state index in [0.29, 0.717) is 37.3 Å². The van der Waals surface area contributed by atoms with E-state index in [1.165, 1.54) is 4.31 Å². The highest BCUT2D eigenvalue weighted by molar-refractivity contribution is 7.92. The molecule has 4 rings (SSSR count). The summed E-state index contributed by atoms with van der Waals surface area (Å²) in [6, 6.07) is 9.08. The van der Waals surface area contributed by atoms with E-state index < -0.39 is 10.0 Å². The average molecular weight is 429 g/mol. The minimum Gasteiger partial charge on any atom is -0.353 e. The maximum absolute atomic E-state index is 12.9. The van der Waals surface area contributed by atoms with Crippen LogP contribution in [0.3, 0.4) is 0 Å². The fraction of sp³-hybridized carbons (Fsp3) is 0.455. The van der Waals surface area contributed by atoms with Crippen molar-refractivity contribution in [2.24, 2.45) is 0 Å². The van der Waals surface area contributed by atoms with Crippen LogP contribution in [0.4, 0.5) is 11.5 Å². The van der Waals surface area contributed by atoms with Crippen LogP contribution in [0.15, 0.2) is 36.5 Å². The van der Waals surface area contributed by atoms with Gasteiger partial charge < -0.3 is 9.80 Å². The number of benzene rings is 1. The Morgan fingerprint density at radius 2 is 1.67 bits per heavy atom. The van der Waals surface area contributed by atoms with Gasteiger partial charge in [0.15, 0.2) is 0 Å². The molecular formula is C22H28N4O3S. The molecular weight excluding hydrogens is 400 g/mol. The predicted molar refractivity (Wildman–Crippen MR) is 119 cm³/mol. The molecule has 1 aromatic heterocycles. The van der Waals surface area contributed by atoms with E-state index in [0.717, 1.165) is 36.5 Å². The number of aromatic nitrogens is 1. The Bertz CT molecular complexity index is 1030. The second-order valence-corrected chi connectivity index (χ2v) is 10.1. The smallest absolute Gasteiger partial charge is 0.253 e. The lowest BCUT2D eigenvalue weighted by molar-refractivity contribution is 0.0746. The van der Waals surface area contributed by atoms with Gasteiger partial charge in [-0.05, 0) is 62.1 Å². The van der Waals surface area contributed by atoms with Crippen molar-refractivity contribution in [1.29, 1.82) is 0 Å². The van der Waals surface area contributed by atoms with Crippen molar-refractivity contribution in [3.63, 3.8) is 0 Å². The number of carbonyl (C=O) groups is 1. The summed E-state index contributed by atoms with van der Waals surface area (Å²) in [7, 11) is -3.24. The number of pyridine rings is 1. The van der Waals surface area contributed by atoms with E-state index in [-0.39, 0.29) is 11.7 Å². The van der Waals surface area contributed by atoms with Crippen LogP contribution in [0.5, 0.6) is 0 Å². The molecule has 1 amide bonds. The third-order valence-corrected chi connectivity index (χ3v) is 7.67. The first-order valence-corrected chi connectivity index (χ1v) is 12.0. The lowest BCUT2D eigenvalue weighted by Crippen LogP contribution is -2.49. The standard InChI is InChI=1S/C22H28N4O3S/c1-17-15-18(2)21(23-16-17)24-10-12-25(13-11-24)22(27)19-5-7-20(8-6-19)26-9-3-4-14-30(26,28)29/h5-8,15-16H,3-4,9-14H2,1-2H3. The molecule has 0 N–H and O–H groups in total. The number of amides is 1. The Balaban J connectivity index is 1.41. The van der Waals surface area contributed by atoms with Crippen molar-refractivity contribution in [2.75, 3.05) is 47.7 Å². The van der Waals surface area contributed by atoms with Gasteiger partial charge in [-0.1, -0.05) is 6.07 Å². The second kappa shape index (κ2) is 8.26. The highest BCUT2D eigenvalue weighted by Gasteiger charge is 2.27. The molecule has 0 aliphatic carbocycles. The number of anilines is 2. The van der Waals surface area contributed by atoms with Crippen LogP contribution >= 0.6 is 0 Å². The molecule has 7 nitrogen and oxygen atoms in total. The normalized spacial score (nSPS) is 19.1. The molecule has 1 aromatic carbocycles. The molecule has 0 radical (unpaired) electrons. The first-order chi connectivity index (χ1) is 14.3. The van der Waals surface area contributed by atoms with E-state index in [1.807, 2.05) is 18.0 Å². The molecule has 8 heteroatoms. The van der Waals surface area contributed by atoms with Gasteiger partial charge in [0.25, 0.3) is 5.91 Å². The molecule has 0 atom stereocenters. The lowest BCUT2D eigenvalue weighted by atomic mass is 10.1. The number of rotatable bonds is 3. The van der Waals surface area contributed by atoms with Crippen molar-refractivity contribution >= 4 is 27.4 Å². The molecule has 2 aliphatic heterocycles. The maximum atomic E-state index is 12.9. The number of nitrogens with zero attached hydrogens (tertiary/aromatic N) is 4. The van der Waals surface area contributed by atoms with Crippen LogP contribution in [-0.4, -0.2) is 62.7 Å². The largest absolute Gasteiger partial charge is 0.353 e. The number of hydrogen-bond donors (Lipinski definition) is 0. The number of piperazine rings is 1. The quantitative estimate of drug-likeness (QED) is 0.751. The number of carbonyl (C=O) groups excluding carboxylic acids is 1. The Morgan fingerprint density at radius 1 is 0.967 bits per heavy atom. The molecule has 2 saturated heterocycles. The van der Waals surface area contributed by atoms with Crippen LogP contribution in [0.25, 0.3) is 0 Å². The summed E-state index contributed by atoms with van der Waals surface area (Å²) in [6.07, 6.45) is 3.45. The lowest BCUT2D eigenvalue weighted by Gasteiger charge is -2.36. The van der Waals surface area contributed by atoms with Gasteiger partial charge in [-0.2, -0.15) is 0 Å². The minimum absolute atomic E-state index is 0.0173. The number of sulfonamides is 1. The first kappa shape index (κ1) is 20.7. The van der Waals surface area contributed by atoms with E-state index in [4.69, 9.17) is 0 Å². The fourth-order valence-corrected chi connectivity index (χ4v) is 5.83. The second-order valence-electron chi connectivity index (χ2n) is 8.07. The van der Waals surface area contributed by atoms with Crippen LogP contribution in [0.1, 0.15) is 34.3 Å². The SMILES string of the molecule is Cc1cnc(N2CCN(C(=O)c3ccc(N4CCCCS4(=O)=O)cc3)CC2)c(C)c1. The summed E-state index contributed by atoms with van der Waals surface area (Å²) in [6.45, 7) is 7.36. The molecule has 2 aromatic rings. The van der Waals surface area contributed by atoms with E-state index in [9.17, 15) is 13.2 Å². The van der Waals surface area contributed by atoms with Gasteiger partial charge in [0.05, 0.1) is 11.4 Å². The number of aryl methyl sites for hydroxylation is 2. The van der Waals surface area contributed by atoms with Crippen LogP contribution < -0.4 is 9.21 Å². The summed E-state index contributed by atoms with van der Waals surface area (Å²) in [5.74, 6) is 1.16. The van der Waals surface area contributed by atoms with E-state index >= 15 is 0 Å². The van der Waals surface area contributed by atoms with E-state index in [1.54, 1.807) is 24.3 Å². The van der Waals surface area contributed by atoms with E-state index in [2.05, 4.69) is 22.9 Å². The molecule has 160 valence electrons. The maximum Gasteiger partial charge on any atom is 0.253 e. The summed E-state index contributed by atoms with van der Waals surface area (Å²) < 4.78 is 26.0. The molecule has 2 fully saturated rings. The Morgan fingerprint density at radius 3 is 2.30 bits per heavy atom. The van der Waals surface area contributed by atoms with Crippen LogP contribution in [0, 0.1) is 13.8 Å². The summed E-state index contributed by atoms with van der Waals surface area (Å²) in [4.78, 5) is 21.6. The predicted octanol–water partition coefficient (Wildman–Crippen LogP) is 2.59. The number of hydrogen-bond acceptors (Lipinski definition) is 5. The topological polar surface area (TPSA) is 73.8 Å². The van der Waals surface area contributed by atoms with Gasteiger partial charge in [-0.15, -0.1) is 0 Å². The molecule has 0 spiro atoms. The van der Waals surface area contributed by atoms with Crippen molar-refractivity contribution in [2.45, 2.75) is 26.7 Å². The molecule has 0 bridgehead atoms. The van der Waals surface area contributed by atoms with Gasteiger partial charge in [0.2, 0.25) is 10.0 Å². The molecule has 0 saturated carbocycles. The zero-order valence-corrected chi connectivity index (χ0v) is 18.4. The van der Waals surface area contributed by atoms with Gasteiger partial charge in [0, 0.05) is 44.5 Å². The fourth-order valence-electron chi connectivity index (χ4n) is 4.19. The van der Waals surface area contributed by atoms with Crippen molar-refractivity contribution in [1.82, 2.24) is 9.88 Å². The van der Waals surface area contributed by atoms with Crippen molar-refractivity contribution in [3.8, 4) is 0 Å². The highest BCUT2D eigenvalue weighted by Crippen LogP contribution is 2.25. The van der Waals surface area contributed by atoms with Crippen molar-refractivity contribution in [3.05, 3.63) is 53.2 Å². The van der Waals surface area contributed by atoms with Gasteiger partial charge in [-0.3, -0.25) is 9.10 Å². The third-order valence-electron chi connectivity index (χ3n) is 5.81. The minimum atomic E-state index is -3.24. The summed E-state index contributed by atoms with van der Waals surface area (Å²) >= 11 is 0. The monoisotopic (exact) mass is 428 g/mol. The molecule has 30 heavy (non-hydrogen) atoms. The van der Waals surface area contributed by atoms with Gasteiger partial charge >= 0.3 is 0 Å². The van der Waals surface area contributed by atoms with Crippen LogP contribution in [-0.2, 0) is 10.0 Å². The molecule has 2 aliphatic rings. The first-order valence-electron chi connectivity index (χ1n) is 10.4. The third kappa shape index (κ3) is 4.14. The summed E-state index contributed by atoms with van der Waals surface area (Å²) in [5, 5.41) is 0. The van der Waals surface area contributed by atoms with Crippen LogP contribution in [0.2, 0.25) is 0 Å². The molecule has 0 unspecified atom stereocenters. The Labute approximate surface area is 178 Å². The molecule has 3 heterocycles. The zero-order valence-electron chi connectivity index (χ0n) is 17.5.